The number of aryl methyl sites for hydroxylation is 1. The molecule has 2 amide bonds. The summed E-state index contributed by atoms with van der Waals surface area (Å²) < 4.78 is 1.09. The normalized spacial score (nSPS) is 14.3. The Balaban J connectivity index is 1.77. The fourth-order valence-corrected chi connectivity index (χ4v) is 2.93. The number of amides is 2. The van der Waals surface area contributed by atoms with Gasteiger partial charge < -0.3 is 10.6 Å². The summed E-state index contributed by atoms with van der Waals surface area (Å²) in [5.41, 5.74) is 0.632. The average Bonchev–Trinajstić information content (AvgIpc) is 3.10. The lowest BCUT2D eigenvalue weighted by Crippen LogP contribution is -2.33. The lowest BCUT2D eigenvalue weighted by atomic mass is 10.1. The minimum Gasteiger partial charge on any atom is -0.349 e. The first-order chi connectivity index (χ1) is 12.0. The Morgan fingerprint density at radius 3 is 2.52 bits per heavy atom. The van der Waals surface area contributed by atoms with Gasteiger partial charge in [0.05, 0.1) is 11.3 Å². The van der Waals surface area contributed by atoms with E-state index in [1.165, 1.54) is 19.2 Å². The molecule has 25 heavy (non-hydrogen) atoms. The van der Waals surface area contributed by atoms with Crippen LogP contribution >= 0.6 is 0 Å². The second-order valence-corrected chi connectivity index (χ2v) is 6.13. The molecule has 0 spiro atoms. The van der Waals surface area contributed by atoms with Crippen LogP contribution in [0.25, 0.3) is 0 Å². The number of hydrogen-bond acceptors (Lipinski definition) is 4. The summed E-state index contributed by atoms with van der Waals surface area (Å²) in [6.45, 7) is 0. The first-order valence-corrected chi connectivity index (χ1v) is 8.30. The molecule has 1 heterocycles. The first-order valence-electron chi connectivity index (χ1n) is 8.30. The van der Waals surface area contributed by atoms with Gasteiger partial charge in [-0.15, -0.1) is 0 Å². The van der Waals surface area contributed by atoms with Gasteiger partial charge in [-0.3, -0.25) is 14.4 Å². The lowest BCUT2D eigenvalue weighted by Gasteiger charge is -2.15. The van der Waals surface area contributed by atoms with Crippen molar-refractivity contribution in [3.63, 3.8) is 0 Å². The van der Waals surface area contributed by atoms with Crippen LogP contribution in [0.3, 0.4) is 0 Å². The molecule has 1 aromatic heterocycles. The second kappa shape index (κ2) is 7.29. The third-order valence-electron chi connectivity index (χ3n) is 4.30. The number of carbonyl (C=O) groups is 2. The molecule has 7 nitrogen and oxygen atoms in total. The molecular weight excluding hydrogens is 320 g/mol. The van der Waals surface area contributed by atoms with E-state index < -0.39 is 5.91 Å². The maximum atomic E-state index is 12.5. The molecule has 130 valence electrons. The van der Waals surface area contributed by atoms with E-state index in [0.29, 0.717) is 11.3 Å². The van der Waals surface area contributed by atoms with Crippen LogP contribution in [-0.2, 0) is 7.05 Å². The van der Waals surface area contributed by atoms with E-state index in [9.17, 15) is 14.4 Å². The zero-order valence-corrected chi connectivity index (χ0v) is 14.0. The number of para-hydroxylation sites is 1. The minimum atomic E-state index is -0.475. The predicted molar refractivity (Wildman–Crippen MR) is 93.6 cm³/mol. The standard InChI is InChI=1S/C18H20N4O3/c1-22-16(23)11-10-15(21-22)18(25)20-14-9-5-4-8-13(14)17(24)19-12-6-2-3-7-12/h4-5,8-12H,2-3,6-7H2,1H3,(H,19,24)(H,20,25). The molecule has 2 aromatic rings. The van der Waals surface area contributed by atoms with Crippen LogP contribution in [0.15, 0.2) is 41.2 Å². The van der Waals surface area contributed by atoms with Crippen LogP contribution in [-0.4, -0.2) is 27.6 Å². The maximum Gasteiger partial charge on any atom is 0.276 e. The molecule has 7 heteroatoms. The van der Waals surface area contributed by atoms with Crippen molar-refractivity contribution in [1.82, 2.24) is 15.1 Å². The van der Waals surface area contributed by atoms with Gasteiger partial charge in [0.15, 0.2) is 0 Å². The van der Waals surface area contributed by atoms with E-state index in [-0.39, 0.29) is 23.2 Å². The number of anilines is 1. The van der Waals surface area contributed by atoms with Crippen molar-refractivity contribution < 1.29 is 9.59 Å². The molecule has 1 aliphatic carbocycles. The van der Waals surface area contributed by atoms with Gasteiger partial charge >= 0.3 is 0 Å². The van der Waals surface area contributed by atoms with Crippen LogP contribution < -0.4 is 16.2 Å². The van der Waals surface area contributed by atoms with E-state index in [1.807, 2.05) is 0 Å². The highest BCUT2D eigenvalue weighted by atomic mass is 16.2. The molecule has 0 bridgehead atoms. The van der Waals surface area contributed by atoms with Crippen molar-refractivity contribution in [1.29, 1.82) is 0 Å². The fourth-order valence-electron chi connectivity index (χ4n) is 2.93. The van der Waals surface area contributed by atoms with E-state index >= 15 is 0 Å². The number of benzene rings is 1. The highest BCUT2D eigenvalue weighted by molar-refractivity contribution is 6.08. The third kappa shape index (κ3) is 3.93. The number of nitrogens with one attached hydrogen (secondary N) is 2. The maximum absolute atomic E-state index is 12.5. The number of aromatic nitrogens is 2. The Labute approximate surface area is 145 Å². The molecule has 0 radical (unpaired) electrons. The molecule has 0 aliphatic heterocycles. The van der Waals surface area contributed by atoms with Crippen LogP contribution in [0.1, 0.15) is 46.5 Å². The number of nitrogens with zero attached hydrogens (tertiary/aromatic N) is 2. The van der Waals surface area contributed by atoms with Crippen molar-refractivity contribution >= 4 is 17.5 Å². The highest BCUT2D eigenvalue weighted by Crippen LogP contribution is 2.20. The molecule has 1 saturated carbocycles. The van der Waals surface area contributed by atoms with Gasteiger partial charge in [0.25, 0.3) is 17.4 Å². The summed E-state index contributed by atoms with van der Waals surface area (Å²) in [4.78, 5) is 36.3. The molecular formula is C18H20N4O3. The van der Waals surface area contributed by atoms with E-state index in [1.54, 1.807) is 24.3 Å². The Morgan fingerprint density at radius 1 is 1.08 bits per heavy atom. The van der Waals surface area contributed by atoms with Crippen LogP contribution in [0.2, 0.25) is 0 Å². The van der Waals surface area contributed by atoms with E-state index in [0.717, 1.165) is 30.4 Å². The molecule has 0 saturated heterocycles. The van der Waals surface area contributed by atoms with Gasteiger partial charge in [-0.1, -0.05) is 25.0 Å². The summed E-state index contributed by atoms with van der Waals surface area (Å²) in [6, 6.07) is 9.68. The summed E-state index contributed by atoms with van der Waals surface area (Å²) >= 11 is 0. The van der Waals surface area contributed by atoms with Crippen molar-refractivity contribution in [2.24, 2.45) is 7.05 Å². The Bertz CT molecular complexity index is 853. The third-order valence-corrected chi connectivity index (χ3v) is 4.30. The second-order valence-electron chi connectivity index (χ2n) is 6.13. The Morgan fingerprint density at radius 2 is 1.80 bits per heavy atom. The lowest BCUT2D eigenvalue weighted by molar-refractivity contribution is 0.0939. The van der Waals surface area contributed by atoms with Crippen LogP contribution in [0.5, 0.6) is 0 Å². The number of rotatable bonds is 4. The van der Waals surface area contributed by atoms with Gasteiger partial charge in [-0.2, -0.15) is 5.10 Å². The molecule has 2 N–H and O–H groups in total. The van der Waals surface area contributed by atoms with Crippen LogP contribution in [0.4, 0.5) is 5.69 Å². The van der Waals surface area contributed by atoms with Gasteiger partial charge in [-0.05, 0) is 31.0 Å². The van der Waals surface area contributed by atoms with Gasteiger partial charge in [0, 0.05) is 19.2 Å². The fraction of sp³-hybridized carbons (Fsp3) is 0.333. The molecule has 1 aromatic carbocycles. The Kier molecular flexibility index (Phi) is 4.92. The topological polar surface area (TPSA) is 93.1 Å². The van der Waals surface area contributed by atoms with Gasteiger partial charge in [0.2, 0.25) is 0 Å². The average molecular weight is 340 g/mol. The van der Waals surface area contributed by atoms with Crippen molar-refractivity contribution in [3.05, 3.63) is 58.0 Å². The molecule has 1 fully saturated rings. The Hall–Kier alpha value is -2.96. The number of carbonyl (C=O) groups excluding carboxylic acids is 2. The molecule has 0 atom stereocenters. The van der Waals surface area contributed by atoms with E-state index in [2.05, 4.69) is 15.7 Å². The van der Waals surface area contributed by atoms with Crippen molar-refractivity contribution in [2.75, 3.05) is 5.32 Å². The summed E-state index contributed by atoms with van der Waals surface area (Å²) in [7, 11) is 1.47. The van der Waals surface area contributed by atoms with Gasteiger partial charge in [0.1, 0.15) is 5.69 Å². The largest absolute Gasteiger partial charge is 0.349 e. The predicted octanol–water partition coefficient (Wildman–Crippen LogP) is 1.70. The summed E-state index contributed by atoms with van der Waals surface area (Å²) in [5, 5.41) is 9.63. The monoisotopic (exact) mass is 340 g/mol. The highest BCUT2D eigenvalue weighted by Gasteiger charge is 2.20. The van der Waals surface area contributed by atoms with E-state index in [4.69, 9.17) is 0 Å². The molecule has 3 rings (SSSR count). The van der Waals surface area contributed by atoms with Gasteiger partial charge in [-0.25, -0.2) is 4.68 Å². The first kappa shape index (κ1) is 16.9. The van der Waals surface area contributed by atoms with Crippen molar-refractivity contribution in [2.45, 2.75) is 31.7 Å². The summed E-state index contributed by atoms with van der Waals surface area (Å²) in [6.07, 6.45) is 4.23. The summed E-state index contributed by atoms with van der Waals surface area (Å²) in [5.74, 6) is -0.673. The molecule has 0 unspecified atom stereocenters. The zero-order valence-electron chi connectivity index (χ0n) is 14.0. The minimum absolute atomic E-state index is 0.105. The smallest absolute Gasteiger partial charge is 0.276 e. The zero-order chi connectivity index (χ0) is 17.8. The van der Waals surface area contributed by atoms with Crippen molar-refractivity contribution in [3.8, 4) is 0 Å². The quantitative estimate of drug-likeness (QED) is 0.886. The van der Waals surface area contributed by atoms with Crippen LogP contribution in [0, 0.1) is 0 Å². The molecule has 1 aliphatic rings. The number of hydrogen-bond donors (Lipinski definition) is 2. The SMILES string of the molecule is Cn1nc(C(=O)Nc2ccccc2C(=O)NC2CCCC2)ccc1=O.